The van der Waals surface area contributed by atoms with Crippen molar-refractivity contribution in [3.8, 4) is 5.75 Å². The zero-order valence-electron chi connectivity index (χ0n) is 19.8. The number of rotatable bonds is 9. The van der Waals surface area contributed by atoms with Gasteiger partial charge >= 0.3 is 0 Å². The van der Waals surface area contributed by atoms with Gasteiger partial charge in [0.05, 0.1) is 22.9 Å². The number of hydrogen-bond donors (Lipinski definition) is 4. The summed E-state index contributed by atoms with van der Waals surface area (Å²) in [6.45, 7) is 0.343. The Morgan fingerprint density at radius 1 is 1.11 bits per heavy atom. The molecule has 0 spiro atoms. The Bertz CT molecular complexity index is 1340. The quantitative estimate of drug-likeness (QED) is 0.335. The summed E-state index contributed by atoms with van der Waals surface area (Å²) in [6.07, 6.45) is 1.03. The number of sulfonamides is 1. The van der Waals surface area contributed by atoms with E-state index >= 15 is 0 Å². The van der Waals surface area contributed by atoms with Crippen LogP contribution < -0.4 is 10.0 Å². The van der Waals surface area contributed by atoms with Crippen molar-refractivity contribution in [2.75, 3.05) is 43.5 Å². The molecule has 0 radical (unpaired) electrons. The number of nitrogens with one attached hydrogen (secondary N) is 2. The van der Waals surface area contributed by atoms with Crippen LogP contribution in [-0.2, 0) is 26.0 Å². The largest absolute Gasteiger partial charge is 0.508 e. The van der Waals surface area contributed by atoms with Gasteiger partial charge in [-0.1, -0.05) is 18.2 Å². The fraction of sp³-hybridized carbons (Fsp3) is 0.375. The first-order valence-electron chi connectivity index (χ1n) is 11.6. The van der Waals surface area contributed by atoms with Gasteiger partial charge in [0.25, 0.3) is 0 Å². The lowest BCUT2D eigenvalue weighted by Crippen LogP contribution is -2.44. The zero-order valence-corrected chi connectivity index (χ0v) is 20.7. The predicted octanol–water partition coefficient (Wildman–Crippen LogP) is 1.99. The lowest BCUT2D eigenvalue weighted by molar-refractivity contribution is -0.135. The van der Waals surface area contributed by atoms with E-state index in [0.717, 1.165) is 5.56 Å². The Morgan fingerprint density at radius 3 is 2.42 bits per heavy atom. The molecule has 2 heterocycles. The van der Waals surface area contributed by atoms with E-state index < -0.39 is 27.8 Å². The Balaban J connectivity index is 1.65. The first-order chi connectivity index (χ1) is 17.3. The van der Waals surface area contributed by atoms with Crippen LogP contribution in [-0.4, -0.2) is 78.1 Å². The van der Waals surface area contributed by atoms with Gasteiger partial charge in [-0.15, -0.1) is 0 Å². The third-order valence-corrected chi connectivity index (χ3v) is 7.93. The van der Waals surface area contributed by atoms with Crippen molar-refractivity contribution in [2.45, 2.75) is 24.5 Å². The number of fused-ring (bicyclic) bond motifs is 1. The van der Waals surface area contributed by atoms with Gasteiger partial charge in [-0.3, -0.25) is 9.52 Å². The number of likely N-dealkylation sites (tertiary alicyclic amines) is 1. The molecule has 192 valence electrons. The lowest BCUT2D eigenvalue weighted by atomic mass is 10.1. The molecule has 1 fully saturated rings. The van der Waals surface area contributed by atoms with E-state index in [1.165, 1.54) is 11.0 Å². The minimum atomic E-state index is -3.87. The highest BCUT2D eigenvalue weighted by Crippen LogP contribution is 2.31. The molecule has 2 aromatic carbocycles. The molecule has 0 aliphatic carbocycles. The van der Waals surface area contributed by atoms with Gasteiger partial charge in [0.15, 0.2) is 11.6 Å². The minimum Gasteiger partial charge on any atom is -0.508 e. The van der Waals surface area contributed by atoms with Crippen molar-refractivity contribution >= 4 is 44.3 Å². The molecule has 0 saturated carbocycles. The molecular formula is C24H29N5O6S. The van der Waals surface area contributed by atoms with Gasteiger partial charge < -0.3 is 25.2 Å². The lowest BCUT2D eigenvalue weighted by Gasteiger charge is -2.31. The smallest absolute Gasteiger partial charge is 0.248 e. The maximum Gasteiger partial charge on any atom is 0.248 e. The second kappa shape index (κ2) is 11.1. The minimum absolute atomic E-state index is 0.0311. The highest BCUT2D eigenvalue weighted by Gasteiger charge is 2.32. The number of para-hydroxylation sites is 2. The summed E-state index contributed by atoms with van der Waals surface area (Å²) < 4.78 is 34.4. The number of piperidine rings is 1. The molecule has 1 aliphatic heterocycles. The summed E-state index contributed by atoms with van der Waals surface area (Å²) in [6, 6.07) is 12.0. The number of amides is 1. The summed E-state index contributed by atoms with van der Waals surface area (Å²) in [5, 5.41) is 21.5. The summed E-state index contributed by atoms with van der Waals surface area (Å²) in [5.41, 5.74) is 2.48. The summed E-state index contributed by atoms with van der Waals surface area (Å²) in [5.74, 6) is -0.155. The van der Waals surface area contributed by atoms with Crippen LogP contribution in [0, 0.1) is 0 Å². The number of aromatic hydroxyl groups is 1. The Labute approximate surface area is 209 Å². The molecule has 0 atom stereocenters. The van der Waals surface area contributed by atoms with Crippen LogP contribution in [0.15, 0.2) is 42.5 Å². The van der Waals surface area contributed by atoms with Crippen LogP contribution in [0.1, 0.15) is 18.4 Å². The van der Waals surface area contributed by atoms with Gasteiger partial charge in [-0.05, 0) is 43.0 Å². The van der Waals surface area contributed by atoms with E-state index in [4.69, 9.17) is 9.84 Å². The van der Waals surface area contributed by atoms with Gasteiger partial charge in [-0.25, -0.2) is 18.4 Å². The number of methoxy groups -OCH3 is 1. The molecule has 1 amide bonds. The van der Waals surface area contributed by atoms with Gasteiger partial charge in [0.1, 0.15) is 12.4 Å². The SMILES string of the molecule is COCCc1ccc(O)cc1Nc1nc2ccccc2nc1NS(=O)(=O)C1CCN(C(=O)CO)CC1. The van der Waals surface area contributed by atoms with E-state index in [-0.39, 0.29) is 43.3 Å². The second-order valence-electron chi connectivity index (χ2n) is 8.50. The number of ether oxygens (including phenoxy) is 1. The summed E-state index contributed by atoms with van der Waals surface area (Å²) >= 11 is 0. The maximum absolute atomic E-state index is 13.3. The molecule has 12 heteroatoms. The fourth-order valence-electron chi connectivity index (χ4n) is 4.13. The van der Waals surface area contributed by atoms with Crippen LogP contribution in [0.2, 0.25) is 0 Å². The number of anilines is 3. The zero-order chi connectivity index (χ0) is 25.7. The molecule has 1 saturated heterocycles. The van der Waals surface area contributed by atoms with Crippen LogP contribution >= 0.6 is 0 Å². The molecule has 3 aromatic rings. The molecular weight excluding hydrogens is 486 g/mol. The van der Waals surface area contributed by atoms with Crippen molar-refractivity contribution in [3.05, 3.63) is 48.0 Å². The number of phenolic OH excluding ortho intramolecular Hbond substituents is 1. The molecule has 4 N–H and O–H groups in total. The van der Waals surface area contributed by atoms with Crippen molar-refractivity contribution in [2.24, 2.45) is 0 Å². The molecule has 1 aliphatic rings. The van der Waals surface area contributed by atoms with Crippen LogP contribution in [0.3, 0.4) is 0 Å². The highest BCUT2D eigenvalue weighted by atomic mass is 32.2. The number of aromatic nitrogens is 2. The van der Waals surface area contributed by atoms with Crippen LogP contribution in [0.25, 0.3) is 11.0 Å². The van der Waals surface area contributed by atoms with Crippen LogP contribution in [0.5, 0.6) is 5.75 Å². The molecule has 0 unspecified atom stereocenters. The third-order valence-electron chi connectivity index (χ3n) is 6.10. The predicted molar refractivity (Wildman–Crippen MR) is 136 cm³/mol. The normalized spacial score (nSPS) is 14.7. The second-order valence-corrected chi connectivity index (χ2v) is 10.5. The number of benzene rings is 2. The van der Waals surface area contributed by atoms with E-state index in [9.17, 15) is 18.3 Å². The molecule has 1 aromatic heterocycles. The number of aliphatic hydroxyl groups is 1. The van der Waals surface area contributed by atoms with Crippen molar-refractivity contribution in [1.82, 2.24) is 14.9 Å². The van der Waals surface area contributed by atoms with E-state index in [2.05, 4.69) is 20.0 Å². The Morgan fingerprint density at radius 2 is 1.78 bits per heavy atom. The summed E-state index contributed by atoms with van der Waals surface area (Å²) in [7, 11) is -2.27. The average Bonchev–Trinajstić information content (AvgIpc) is 2.88. The van der Waals surface area contributed by atoms with Crippen molar-refractivity contribution in [3.63, 3.8) is 0 Å². The first-order valence-corrected chi connectivity index (χ1v) is 13.1. The van der Waals surface area contributed by atoms with Gasteiger partial charge in [0, 0.05) is 32.0 Å². The standard InChI is InChI=1S/C24H29N5O6S/c1-35-13-10-16-6-7-17(31)14-21(16)27-23-24(26-20-5-3-2-4-19(20)25-23)28-36(33,34)18-8-11-29(12-9-18)22(32)15-30/h2-7,14,18,30-31H,8-13,15H2,1H3,(H,25,27)(H,26,28). The van der Waals surface area contributed by atoms with Crippen molar-refractivity contribution < 1.29 is 28.2 Å². The van der Waals surface area contributed by atoms with E-state index in [1.54, 1.807) is 37.4 Å². The summed E-state index contributed by atoms with van der Waals surface area (Å²) in [4.78, 5) is 22.3. The monoisotopic (exact) mass is 515 g/mol. The van der Waals surface area contributed by atoms with E-state index in [1.807, 2.05) is 6.07 Å². The number of carbonyl (C=O) groups excluding carboxylic acids is 1. The Hall–Kier alpha value is -3.48. The van der Waals surface area contributed by atoms with Crippen LogP contribution in [0.4, 0.5) is 17.3 Å². The first kappa shape index (κ1) is 25.6. The highest BCUT2D eigenvalue weighted by molar-refractivity contribution is 7.93. The number of aliphatic hydroxyl groups excluding tert-OH is 1. The molecule has 0 bridgehead atoms. The van der Waals surface area contributed by atoms with Gasteiger partial charge in [-0.2, -0.15) is 0 Å². The van der Waals surface area contributed by atoms with E-state index in [0.29, 0.717) is 29.7 Å². The molecule has 4 rings (SSSR count). The molecule has 11 nitrogen and oxygen atoms in total. The fourth-order valence-corrected chi connectivity index (χ4v) is 5.54. The molecule has 36 heavy (non-hydrogen) atoms. The van der Waals surface area contributed by atoms with Gasteiger partial charge in [0.2, 0.25) is 15.9 Å². The topological polar surface area (TPSA) is 154 Å². The number of carbonyl (C=O) groups is 1. The number of hydrogen-bond acceptors (Lipinski definition) is 9. The Kier molecular flexibility index (Phi) is 7.87. The third kappa shape index (κ3) is 5.83. The number of nitrogens with zero attached hydrogens (tertiary/aromatic N) is 3. The maximum atomic E-state index is 13.3. The average molecular weight is 516 g/mol. The van der Waals surface area contributed by atoms with Crippen molar-refractivity contribution in [1.29, 1.82) is 0 Å². The number of phenols is 1.